The average molecular weight is 861 g/mol. The fraction of sp³-hybridized carbons (Fsp3) is 0.489. The van der Waals surface area contributed by atoms with E-state index in [2.05, 4.69) is 27.0 Å². The summed E-state index contributed by atoms with van der Waals surface area (Å²) < 4.78 is 76.8. The van der Waals surface area contributed by atoms with Crippen molar-refractivity contribution in [3.8, 4) is 11.8 Å². The molecule has 60 heavy (non-hydrogen) atoms. The monoisotopic (exact) mass is 860 g/mol. The van der Waals surface area contributed by atoms with Crippen molar-refractivity contribution < 1.29 is 44.8 Å². The van der Waals surface area contributed by atoms with Gasteiger partial charge in [-0.15, -0.1) is 11.8 Å². The number of alkyl carbamates (subject to hydrolysis) is 1. The molecule has 2 unspecified atom stereocenters. The molecule has 6 rings (SSSR count). The number of unbranched alkanes of at least 4 members (excludes halogenated alkanes) is 2. The van der Waals surface area contributed by atoms with Crippen molar-refractivity contribution >= 4 is 49.3 Å². The van der Waals surface area contributed by atoms with Gasteiger partial charge in [0.15, 0.2) is 5.71 Å². The first kappa shape index (κ1) is 44.8. The standard InChI is InChI=1S/C45H56N4O9S2/c1-44(2)36-28-31(59(52,53)54)21-23-38(36)48(5)40(44)18-12-8-13-19-41-45(3,4)37-29-32(60(55,56)57)22-24-39(37)49(41)27-15-9-14-20-42(50)46-25-26-47-43(51)58-30-35-33-16-10-6-7-11-17-34(33)35/h8,12-13,18-19,21-24,28-29,33-35H,9-11,14-17,20,25-27,30H2,1-5H3,(H3-,46,47,50,51,52,53,54,55,56,57)/t33-,34?,35?/m0/s1. The number of nitrogens with one attached hydrogen (secondary N) is 2. The van der Waals surface area contributed by atoms with E-state index in [1.165, 1.54) is 24.3 Å². The molecule has 322 valence electrons. The van der Waals surface area contributed by atoms with Crippen molar-refractivity contribution in [3.05, 3.63) is 83.6 Å². The van der Waals surface area contributed by atoms with Crippen LogP contribution in [0.1, 0.15) is 90.2 Å². The van der Waals surface area contributed by atoms with Crippen molar-refractivity contribution in [1.29, 1.82) is 0 Å². The number of fused-ring (bicyclic) bond motifs is 3. The van der Waals surface area contributed by atoms with Crippen LogP contribution in [-0.4, -0.2) is 81.5 Å². The lowest BCUT2D eigenvalue weighted by atomic mass is 9.81. The fourth-order valence-corrected chi connectivity index (χ4v) is 10.1. The molecule has 2 aromatic carbocycles. The van der Waals surface area contributed by atoms with Gasteiger partial charge in [0.05, 0.1) is 21.8 Å². The van der Waals surface area contributed by atoms with Gasteiger partial charge in [-0.2, -0.15) is 13.0 Å². The summed E-state index contributed by atoms with van der Waals surface area (Å²) in [5.74, 6) is 7.91. The van der Waals surface area contributed by atoms with Crippen LogP contribution < -0.4 is 15.5 Å². The molecule has 0 saturated heterocycles. The number of allylic oxidation sites excluding steroid dienone is 6. The number of ether oxygens (including phenoxy) is 1. The number of carbonyl (C=O) groups excluding carboxylic acids is 2. The largest absolute Gasteiger partial charge is 0.744 e. The Labute approximate surface area is 354 Å². The maximum absolute atomic E-state index is 12.6. The van der Waals surface area contributed by atoms with E-state index in [1.807, 2.05) is 70.0 Å². The normalized spacial score (nSPS) is 22.1. The van der Waals surface area contributed by atoms with Crippen LogP contribution in [0.15, 0.2) is 82.3 Å². The maximum atomic E-state index is 12.6. The van der Waals surface area contributed by atoms with Crippen molar-refractivity contribution in [3.63, 3.8) is 0 Å². The third-order valence-corrected chi connectivity index (χ3v) is 14.1. The van der Waals surface area contributed by atoms with Crippen LogP contribution >= 0.6 is 0 Å². The van der Waals surface area contributed by atoms with Crippen molar-refractivity contribution in [1.82, 2.24) is 10.6 Å². The molecule has 2 heterocycles. The van der Waals surface area contributed by atoms with E-state index in [4.69, 9.17) is 4.74 Å². The molecule has 4 aliphatic rings. The van der Waals surface area contributed by atoms with Crippen LogP contribution in [0.5, 0.6) is 0 Å². The Hall–Kier alpha value is -4.75. The zero-order chi connectivity index (χ0) is 43.5. The number of anilines is 1. The molecular formula is C45H56N4O9S2. The van der Waals surface area contributed by atoms with Crippen molar-refractivity contribution in [2.24, 2.45) is 17.8 Å². The Morgan fingerprint density at radius 1 is 0.900 bits per heavy atom. The first-order chi connectivity index (χ1) is 28.3. The molecule has 0 aromatic heterocycles. The maximum Gasteiger partial charge on any atom is 0.407 e. The highest BCUT2D eigenvalue weighted by molar-refractivity contribution is 7.86. The molecule has 2 aromatic rings. The topological polar surface area (TPSA) is 185 Å². The van der Waals surface area contributed by atoms with Crippen LogP contribution in [-0.2, 0) is 40.6 Å². The van der Waals surface area contributed by atoms with Gasteiger partial charge in [-0.3, -0.25) is 9.35 Å². The highest BCUT2D eigenvalue weighted by Crippen LogP contribution is 2.52. The van der Waals surface area contributed by atoms with E-state index in [0.717, 1.165) is 72.4 Å². The number of likely N-dealkylation sites (N-methyl/N-ethyl adjacent to an activating group) is 1. The van der Waals surface area contributed by atoms with Gasteiger partial charge < -0.3 is 24.8 Å². The summed E-state index contributed by atoms with van der Waals surface area (Å²) in [6.07, 6.45) is 15.6. The Bertz CT molecular complexity index is 2400. The predicted octanol–water partition coefficient (Wildman–Crippen LogP) is 6.48. The highest BCUT2D eigenvalue weighted by atomic mass is 32.2. The summed E-state index contributed by atoms with van der Waals surface area (Å²) in [4.78, 5) is 26.3. The number of hydrogen-bond donors (Lipinski definition) is 3. The molecule has 2 aliphatic heterocycles. The Kier molecular flexibility index (Phi) is 13.5. The number of amides is 2. The lowest BCUT2D eigenvalue weighted by molar-refractivity contribution is -0.438. The van der Waals surface area contributed by atoms with Gasteiger partial charge in [0, 0.05) is 80.3 Å². The van der Waals surface area contributed by atoms with Crippen LogP contribution in [0.25, 0.3) is 0 Å². The van der Waals surface area contributed by atoms with E-state index in [-0.39, 0.29) is 22.2 Å². The minimum atomic E-state index is -4.67. The van der Waals surface area contributed by atoms with Gasteiger partial charge in [-0.25, -0.2) is 13.2 Å². The quantitative estimate of drug-likeness (QED) is 0.0555. The minimum absolute atomic E-state index is 0.101. The zero-order valence-corrected chi connectivity index (χ0v) is 36.6. The fourth-order valence-electron chi connectivity index (χ4n) is 9.08. The van der Waals surface area contributed by atoms with Crippen molar-refractivity contribution in [2.75, 3.05) is 38.2 Å². The van der Waals surface area contributed by atoms with E-state index in [0.29, 0.717) is 50.3 Å². The second-order valence-corrected chi connectivity index (χ2v) is 19.8. The van der Waals surface area contributed by atoms with Gasteiger partial charge in [0.25, 0.3) is 10.1 Å². The van der Waals surface area contributed by atoms with Gasteiger partial charge in [-0.05, 0) is 99.3 Å². The Morgan fingerprint density at radius 3 is 2.25 bits per heavy atom. The van der Waals surface area contributed by atoms with Crippen LogP contribution in [0.3, 0.4) is 0 Å². The van der Waals surface area contributed by atoms with E-state index >= 15 is 0 Å². The van der Waals surface area contributed by atoms with Crippen LogP contribution in [0, 0.1) is 29.6 Å². The third-order valence-electron chi connectivity index (χ3n) is 12.4. The number of hydrogen-bond acceptors (Lipinski definition) is 9. The molecule has 0 bridgehead atoms. The minimum Gasteiger partial charge on any atom is -0.744 e. The molecule has 3 N–H and O–H groups in total. The molecule has 0 radical (unpaired) electrons. The molecule has 13 nitrogen and oxygen atoms in total. The summed E-state index contributed by atoms with van der Waals surface area (Å²) >= 11 is 0. The van der Waals surface area contributed by atoms with E-state index < -0.39 is 37.2 Å². The van der Waals surface area contributed by atoms with Gasteiger partial charge in [0.2, 0.25) is 11.6 Å². The third kappa shape index (κ3) is 10.1. The van der Waals surface area contributed by atoms with Crippen molar-refractivity contribution in [2.45, 2.75) is 99.7 Å². The van der Waals surface area contributed by atoms with Gasteiger partial charge >= 0.3 is 6.09 Å². The summed E-state index contributed by atoms with van der Waals surface area (Å²) in [5, 5.41) is 5.57. The molecular weight excluding hydrogens is 805 g/mol. The van der Waals surface area contributed by atoms with Gasteiger partial charge in [0.1, 0.15) is 16.7 Å². The SMILES string of the molecule is CN1/C(=C/C=C/C=C/C2=[N+](CCCCCC(=O)NCCNC(=O)OCC3C4CCC#CCC[C@@H]43)c3ccc(S(=O)(=O)[O-])cc3C2(C)C)C(C)(C)c2cc(S(=O)(=O)O)ccc21. The van der Waals surface area contributed by atoms with E-state index in [1.54, 1.807) is 12.1 Å². The number of nitrogens with zero attached hydrogens (tertiary/aromatic N) is 2. The summed E-state index contributed by atoms with van der Waals surface area (Å²) in [6.45, 7) is 9.55. The smallest absolute Gasteiger partial charge is 0.407 e. The Balaban J connectivity index is 1.02. The number of rotatable bonds is 16. The second-order valence-electron chi connectivity index (χ2n) is 17.0. The van der Waals surface area contributed by atoms with Gasteiger partial charge in [-0.1, -0.05) is 32.1 Å². The molecule has 2 aliphatic carbocycles. The number of carbonyl (C=O) groups is 2. The second kappa shape index (κ2) is 18.1. The van der Waals surface area contributed by atoms with Crippen LogP contribution in [0.2, 0.25) is 0 Å². The molecule has 1 fully saturated rings. The average Bonchev–Trinajstić information content (AvgIpc) is 3.71. The number of benzene rings is 2. The van der Waals surface area contributed by atoms with E-state index in [9.17, 15) is 35.5 Å². The predicted molar refractivity (Wildman–Crippen MR) is 229 cm³/mol. The first-order valence-electron chi connectivity index (χ1n) is 20.6. The zero-order valence-electron chi connectivity index (χ0n) is 35.0. The lowest BCUT2D eigenvalue weighted by Gasteiger charge is -2.23. The highest BCUT2D eigenvalue weighted by Gasteiger charge is 2.49. The summed E-state index contributed by atoms with van der Waals surface area (Å²) in [6, 6.07) is 9.07. The lowest BCUT2D eigenvalue weighted by Crippen LogP contribution is -2.35. The molecule has 0 spiro atoms. The molecule has 15 heteroatoms. The molecule has 1 saturated carbocycles. The molecule has 3 atom stereocenters. The van der Waals surface area contributed by atoms with Crippen LogP contribution in [0.4, 0.5) is 16.2 Å². The summed E-state index contributed by atoms with van der Waals surface area (Å²) in [5.41, 5.74) is 3.83. The Morgan fingerprint density at radius 2 is 1.57 bits per heavy atom. The first-order valence-corrected chi connectivity index (χ1v) is 23.5. The summed E-state index contributed by atoms with van der Waals surface area (Å²) in [7, 11) is -7.12. The molecule has 2 amide bonds.